The van der Waals surface area contributed by atoms with Crippen molar-refractivity contribution >= 4 is 35.6 Å². The average molecular weight is 633 g/mol. The highest BCUT2D eigenvalue weighted by molar-refractivity contribution is 7.98. The Hall–Kier alpha value is -3.79. The molecule has 1 fully saturated rings. The molecule has 0 radical (unpaired) electrons. The van der Waals surface area contributed by atoms with Crippen LogP contribution in [0.5, 0.6) is 5.88 Å². The number of nitrogens with zero attached hydrogens (tertiary/aromatic N) is 2. The second kappa shape index (κ2) is 14.1. The van der Waals surface area contributed by atoms with Crippen LogP contribution in [0.25, 0.3) is 0 Å². The molecule has 5 atom stereocenters. The lowest BCUT2D eigenvalue weighted by Crippen LogP contribution is -2.63. The van der Waals surface area contributed by atoms with Gasteiger partial charge in [-0.25, -0.2) is 0 Å². The molecule has 43 heavy (non-hydrogen) atoms. The van der Waals surface area contributed by atoms with Gasteiger partial charge in [-0.3, -0.25) is 23.9 Å². The lowest BCUT2D eigenvalue weighted by molar-refractivity contribution is -0.289. The number of halogens is 3. The second-order valence-electron chi connectivity index (χ2n) is 9.46. The molecular weight excluding hydrogens is 601 g/mol. The van der Waals surface area contributed by atoms with E-state index in [1.54, 1.807) is 24.3 Å². The maximum atomic E-state index is 14.2. The van der Waals surface area contributed by atoms with Gasteiger partial charge in [0, 0.05) is 46.1 Å². The molecule has 2 aromatic rings. The molecule has 16 heteroatoms. The molecule has 236 valence electrons. The van der Waals surface area contributed by atoms with Gasteiger partial charge in [-0.2, -0.15) is 13.2 Å². The Morgan fingerprint density at radius 3 is 1.98 bits per heavy atom. The van der Waals surface area contributed by atoms with E-state index in [0.717, 1.165) is 39.6 Å². The lowest BCUT2D eigenvalue weighted by Gasteiger charge is -2.43. The highest BCUT2D eigenvalue weighted by atomic mass is 32.2. The van der Waals surface area contributed by atoms with Gasteiger partial charge in [0.25, 0.3) is 0 Å². The van der Waals surface area contributed by atoms with Crippen LogP contribution in [-0.2, 0) is 62.5 Å². The van der Waals surface area contributed by atoms with E-state index in [9.17, 15) is 32.3 Å². The van der Waals surface area contributed by atoms with Gasteiger partial charge in [0.1, 0.15) is 18.4 Å². The summed E-state index contributed by atoms with van der Waals surface area (Å²) >= 11 is 1.46. The highest BCUT2D eigenvalue weighted by Crippen LogP contribution is 2.39. The van der Waals surface area contributed by atoms with E-state index >= 15 is 0 Å². The maximum absolute atomic E-state index is 14.2. The molecule has 0 amide bonds. The van der Waals surface area contributed by atoms with Crippen molar-refractivity contribution in [1.29, 1.82) is 0 Å². The van der Waals surface area contributed by atoms with Crippen molar-refractivity contribution in [2.75, 3.05) is 12.9 Å². The number of esters is 4. The average Bonchev–Trinajstić information content (AvgIpc) is 3.20. The van der Waals surface area contributed by atoms with Gasteiger partial charge in [0.15, 0.2) is 12.2 Å². The van der Waals surface area contributed by atoms with Gasteiger partial charge in [-0.1, -0.05) is 12.1 Å². The summed E-state index contributed by atoms with van der Waals surface area (Å²) in [5.74, 6) is -3.86. The van der Waals surface area contributed by atoms with Gasteiger partial charge in [0.05, 0.1) is 5.56 Å². The van der Waals surface area contributed by atoms with Crippen LogP contribution < -0.4 is 4.74 Å². The molecule has 0 saturated carbocycles. The third kappa shape index (κ3) is 8.86. The van der Waals surface area contributed by atoms with Crippen LogP contribution in [0.15, 0.2) is 29.2 Å². The number of alkyl halides is 3. The van der Waals surface area contributed by atoms with Crippen LogP contribution >= 0.6 is 11.8 Å². The summed E-state index contributed by atoms with van der Waals surface area (Å²) in [5, 5.41) is 3.94. The Balaban J connectivity index is 2.11. The molecule has 12 nitrogen and oxygen atoms in total. The molecule has 0 spiro atoms. The topological polar surface area (TPSA) is 141 Å². The van der Waals surface area contributed by atoms with Gasteiger partial charge in [-0.15, -0.1) is 16.9 Å². The number of thioether (sulfide) groups is 1. The number of carbonyl (C=O) groups is 4. The Kier molecular flexibility index (Phi) is 11.1. The van der Waals surface area contributed by atoms with E-state index in [1.165, 1.54) is 11.8 Å². The normalized spacial score (nSPS) is 21.9. The van der Waals surface area contributed by atoms with Crippen molar-refractivity contribution in [2.24, 2.45) is 7.05 Å². The Morgan fingerprint density at radius 1 is 0.907 bits per heavy atom. The van der Waals surface area contributed by atoms with Gasteiger partial charge >= 0.3 is 30.1 Å². The fourth-order valence-electron chi connectivity index (χ4n) is 4.49. The Bertz CT molecular complexity index is 1330. The maximum Gasteiger partial charge on any atom is 0.433 e. The van der Waals surface area contributed by atoms with Crippen molar-refractivity contribution in [1.82, 2.24) is 9.78 Å². The summed E-state index contributed by atoms with van der Waals surface area (Å²) in [5.41, 5.74) is -0.926. The van der Waals surface area contributed by atoms with E-state index in [1.807, 2.05) is 6.26 Å². The van der Waals surface area contributed by atoms with Crippen molar-refractivity contribution in [3.05, 3.63) is 41.1 Å². The second-order valence-corrected chi connectivity index (χ2v) is 10.3. The first kappa shape index (κ1) is 33.7. The smallest absolute Gasteiger partial charge is 0.433 e. The Morgan fingerprint density at radius 2 is 1.47 bits per heavy atom. The molecule has 1 aliphatic rings. The highest BCUT2D eigenvalue weighted by Gasteiger charge is 2.54. The number of aromatic nitrogens is 2. The van der Waals surface area contributed by atoms with Gasteiger partial charge in [-0.05, 0) is 24.0 Å². The summed E-state index contributed by atoms with van der Waals surface area (Å²) in [6.07, 6.45) is -11.0. The third-order valence-corrected chi connectivity index (χ3v) is 6.84. The summed E-state index contributed by atoms with van der Waals surface area (Å²) < 4.78 is 76.0. The molecule has 0 N–H and O–H groups in total. The number of carbonyl (C=O) groups excluding carboxylic acids is 4. The minimum absolute atomic E-state index is 0.252. The number of ether oxygens (including phenoxy) is 6. The van der Waals surface area contributed by atoms with E-state index in [0.29, 0.717) is 10.2 Å². The van der Waals surface area contributed by atoms with Crippen LogP contribution in [0.4, 0.5) is 13.2 Å². The van der Waals surface area contributed by atoms with E-state index in [-0.39, 0.29) is 12.0 Å². The van der Waals surface area contributed by atoms with Crippen molar-refractivity contribution in [2.45, 2.75) is 75.9 Å². The largest absolute Gasteiger partial charge is 0.463 e. The number of rotatable bonds is 10. The number of hydrogen-bond donors (Lipinski definition) is 0. The molecular formula is C27H31F3N2O10S. The zero-order chi connectivity index (χ0) is 32.1. The van der Waals surface area contributed by atoms with Crippen molar-refractivity contribution < 1.29 is 60.8 Å². The zero-order valence-corrected chi connectivity index (χ0v) is 24.9. The molecule has 1 saturated heterocycles. The fourth-order valence-corrected chi connectivity index (χ4v) is 4.90. The van der Waals surface area contributed by atoms with E-state index < -0.39 is 78.9 Å². The van der Waals surface area contributed by atoms with Crippen LogP contribution in [0.2, 0.25) is 0 Å². The fraction of sp³-hybridized carbons (Fsp3) is 0.519. The molecule has 1 aromatic carbocycles. The van der Waals surface area contributed by atoms with Crippen molar-refractivity contribution in [3.8, 4) is 5.88 Å². The third-order valence-electron chi connectivity index (χ3n) is 6.09. The van der Waals surface area contributed by atoms with Gasteiger partial charge < -0.3 is 28.4 Å². The Labute approximate surface area is 249 Å². The first-order chi connectivity index (χ1) is 20.1. The molecule has 3 rings (SSSR count). The number of hydrogen-bond acceptors (Lipinski definition) is 12. The summed E-state index contributed by atoms with van der Waals surface area (Å²) in [6.45, 7) is 3.69. The van der Waals surface area contributed by atoms with Crippen LogP contribution in [-0.4, -0.2) is 77.2 Å². The predicted octanol–water partition coefficient (Wildman–Crippen LogP) is 3.21. The van der Waals surface area contributed by atoms with Crippen LogP contribution in [0, 0.1) is 0 Å². The molecule has 0 unspecified atom stereocenters. The van der Waals surface area contributed by atoms with E-state index in [2.05, 4.69) is 5.10 Å². The van der Waals surface area contributed by atoms with Gasteiger partial charge in [0.2, 0.25) is 18.3 Å². The number of benzene rings is 1. The molecule has 2 heterocycles. The van der Waals surface area contributed by atoms with Crippen LogP contribution in [0.1, 0.15) is 44.5 Å². The molecule has 1 aromatic heterocycles. The summed E-state index contributed by atoms with van der Waals surface area (Å²) in [4.78, 5) is 48.6. The molecule has 1 aliphatic heterocycles. The minimum Gasteiger partial charge on any atom is -0.463 e. The first-order valence-electron chi connectivity index (χ1n) is 12.8. The summed E-state index contributed by atoms with van der Waals surface area (Å²) in [6, 6.07) is 6.83. The molecule has 0 aliphatic carbocycles. The SMILES string of the molecule is CSc1ccc(Cc2c(O[C@@H]3O[C@H](COC(C)=O)[C@@H](OC(C)=O)[C@H](OC(C)=O)[C@H]3OC(C)=O)nn(C)c2C(F)(F)F)cc1. The summed E-state index contributed by atoms with van der Waals surface area (Å²) in [7, 11) is 1.09. The zero-order valence-electron chi connectivity index (χ0n) is 24.1. The predicted molar refractivity (Wildman–Crippen MR) is 142 cm³/mol. The quantitative estimate of drug-likeness (QED) is 0.216. The standard InChI is InChI=1S/C27H31F3N2O10S/c1-13(33)37-12-20-21(38-14(2)34)22(39-15(3)35)23(40-16(4)36)26(41-20)42-25-19(24(27(28,29)30)32(5)31-25)11-17-7-9-18(43-6)10-8-17/h7-10,20-23,26H,11-12H2,1-6H3/t20-,21-,22+,23-,26+/m1/s1. The minimum atomic E-state index is -4.83. The lowest BCUT2D eigenvalue weighted by atomic mass is 9.98. The van der Waals surface area contributed by atoms with E-state index in [4.69, 9.17) is 28.4 Å². The number of aryl methyl sites for hydroxylation is 1. The monoisotopic (exact) mass is 632 g/mol. The first-order valence-corrected chi connectivity index (χ1v) is 14.1. The van der Waals surface area contributed by atoms with Crippen molar-refractivity contribution in [3.63, 3.8) is 0 Å². The van der Waals surface area contributed by atoms with Crippen LogP contribution in [0.3, 0.4) is 0 Å². The molecule has 0 bridgehead atoms.